The van der Waals surface area contributed by atoms with Gasteiger partial charge in [-0.05, 0) is 30.3 Å². The number of aromatic nitrogens is 1. The zero-order chi connectivity index (χ0) is 14.0. The molecule has 19 heavy (non-hydrogen) atoms. The maximum absolute atomic E-state index is 13.4. The van der Waals surface area contributed by atoms with Crippen LogP contribution in [0.3, 0.4) is 0 Å². The van der Waals surface area contributed by atoms with Crippen molar-refractivity contribution in [1.29, 1.82) is 0 Å². The molecule has 0 aliphatic heterocycles. The highest BCUT2D eigenvalue weighted by molar-refractivity contribution is 7.92. The van der Waals surface area contributed by atoms with Crippen molar-refractivity contribution in [1.82, 2.24) is 4.98 Å². The van der Waals surface area contributed by atoms with Crippen molar-refractivity contribution in [3.8, 4) is 0 Å². The first-order chi connectivity index (χ1) is 8.90. The number of halogens is 2. The Bertz CT molecular complexity index is 720. The first kappa shape index (κ1) is 13.2. The molecule has 100 valence electrons. The van der Waals surface area contributed by atoms with Crippen LogP contribution in [0.5, 0.6) is 0 Å². The molecule has 1 heterocycles. The van der Waals surface area contributed by atoms with Gasteiger partial charge in [-0.15, -0.1) is 0 Å². The second kappa shape index (κ2) is 4.81. The van der Waals surface area contributed by atoms with Crippen molar-refractivity contribution in [3.63, 3.8) is 0 Å². The number of hydrogen-bond donors (Lipinski definition) is 2. The van der Waals surface area contributed by atoms with Crippen molar-refractivity contribution in [2.75, 3.05) is 10.5 Å². The van der Waals surface area contributed by atoms with E-state index in [0.29, 0.717) is 0 Å². The first-order valence-electron chi connectivity index (χ1n) is 5.08. The Morgan fingerprint density at radius 3 is 2.58 bits per heavy atom. The number of nitrogen functional groups attached to an aromatic ring is 1. The molecule has 0 aliphatic carbocycles. The van der Waals surface area contributed by atoms with Crippen molar-refractivity contribution >= 4 is 21.4 Å². The van der Waals surface area contributed by atoms with Gasteiger partial charge in [-0.2, -0.15) is 8.42 Å². The summed E-state index contributed by atoms with van der Waals surface area (Å²) in [6, 6.07) is 5.36. The summed E-state index contributed by atoms with van der Waals surface area (Å²) < 4.78 is 52.1. The van der Waals surface area contributed by atoms with Gasteiger partial charge in [0.25, 0.3) is 10.0 Å². The number of nitrogens with one attached hydrogen (secondary N) is 1. The van der Waals surface area contributed by atoms with Gasteiger partial charge in [-0.1, -0.05) is 0 Å². The average molecular weight is 285 g/mol. The van der Waals surface area contributed by atoms with Crippen LogP contribution in [0.1, 0.15) is 0 Å². The molecule has 0 spiro atoms. The summed E-state index contributed by atoms with van der Waals surface area (Å²) in [7, 11) is -4.22. The second-order valence-corrected chi connectivity index (χ2v) is 5.23. The maximum Gasteiger partial charge on any atom is 0.282 e. The molecule has 0 saturated carbocycles. The van der Waals surface area contributed by atoms with Crippen LogP contribution in [0.25, 0.3) is 0 Å². The third-order valence-electron chi connectivity index (χ3n) is 2.24. The molecule has 0 radical (unpaired) electrons. The molecule has 0 bridgehead atoms. The fourth-order valence-corrected chi connectivity index (χ4v) is 2.49. The Morgan fingerprint density at radius 2 is 1.95 bits per heavy atom. The van der Waals surface area contributed by atoms with Crippen molar-refractivity contribution in [2.45, 2.75) is 5.03 Å². The highest BCUT2D eigenvalue weighted by Crippen LogP contribution is 2.23. The smallest absolute Gasteiger partial charge is 0.282 e. The molecule has 2 aromatic rings. The Hall–Kier alpha value is -2.22. The van der Waals surface area contributed by atoms with Crippen LogP contribution in [-0.4, -0.2) is 13.4 Å². The fraction of sp³-hybridized carbons (Fsp3) is 0. The van der Waals surface area contributed by atoms with Crippen molar-refractivity contribution in [2.24, 2.45) is 0 Å². The monoisotopic (exact) mass is 285 g/mol. The lowest BCUT2D eigenvalue weighted by Gasteiger charge is -2.10. The highest BCUT2D eigenvalue weighted by atomic mass is 32.2. The minimum atomic E-state index is -4.22. The van der Waals surface area contributed by atoms with E-state index in [4.69, 9.17) is 5.73 Å². The van der Waals surface area contributed by atoms with Crippen LogP contribution in [-0.2, 0) is 10.0 Å². The van der Waals surface area contributed by atoms with E-state index in [-0.39, 0.29) is 11.4 Å². The van der Waals surface area contributed by atoms with Crippen LogP contribution >= 0.6 is 0 Å². The van der Waals surface area contributed by atoms with Gasteiger partial charge in [0.2, 0.25) is 5.03 Å². The molecule has 0 unspecified atom stereocenters. The molecular formula is C11H9F2N3O2S. The van der Waals surface area contributed by atoms with Crippen molar-refractivity contribution < 1.29 is 17.2 Å². The van der Waals surface area contributed by atoms with Gasteiger partial charge in [0, 0.05) is 6.20 Å². The molecule has 2 rings (SSSR count). The van der Waals surface area contributed by atoms with Gasteiger partial charge >= 0.3 is 0 Å². The number of benzene rings is 1. The average Bonchev–Trinajstić information content (AvgIpc) is 2.33. The lowest BCUT2D eigenvalue weighted by atomic mass is 10.3. The minimum Gasteiger partial charge on any atom is -0.397 e. The number of sulfonamides is 1. The summed E-state index contributed by atoms with van der Waals surface area (Å²) >= 11 is 0. The van der Waals surface area contributed by atoms with Crippen LogP contribution in [0.2, 0.25) is 0 Å². The van der Waals surface area contributed by atoms with E-state index in [1.807, 2.05) is 4.72 Å². The van der Waals surface area contributed by atoms with Gasteiger partial charge in [0.1, 0.15) is 5.82 Å². The molecule has 1 aromatic carbocycles. The van der Waals surface area contributed by atoms with E-state index in [2.05, 4.69) is 4.98 Å². The van der Waals surface area contributed by atoms with E-state index in [0.717, 1.165) is 30.5 Å². The van der Waals surface area contributed by atoms with E-state index in [1.165, 1.54) is 6.07 Å². The van der Waals surface area contributed by atoms with Gasteiger partial charge in [0.05, 0.1) is 11.4 Å². The summed E-state index contributed by atoms with van der Waals surface area (Å²) in [5, 5.41) is -0.751. The van der Waals surface area contributed by atoms with Crippen molar-refractivity contribution in [3.05, 3.63) is 48.2 Å². The third-order valence-corrected chi connectivity index (χ3v) is 3.54. The molecule has 0 saturated heterocycles. The van der Waals surface area contributed by atoms with Crippen LogP contribution in [0.15, 0.2) is 41.6 Å². The Labute approximate surface area is 108 Å². The zero-order valence-corrected chi connectivity index (χ0v) is 10.3. The van der Waals surface area contributed by atoms with E-state index < -0.39 is 26.7 Å². The van der Waals surface area contributed by atoms with E-state index in [9.17, 15) is 17.2 Å². The normalized spacial score (nSPS) is 11.3. The number of nitrogens with zero attached hydrogens (tertiary/aromatic N) is 1. The third kappa shape index (κ3) is 2.79. The Balaban J connectivity index is 2.40. The van der Waals surface area contributed by atoms with Gasteiger partial charge in [0.15, 0.2) is 5.82 Å². The standard InChI is InChI=1S/C11H9F2N3O2S/c12-7-3-4-10(9(14)6-7)16-19(17,18)11-8(13)2-1-5-15-11/h1-6,16H,14H2. The number of nitrogens with two attached hydrogens (primary N) is 1. The van der Waals surface area contributed by atoms with Crippen LogP contribution < -0.4 is 10.5 Å². The Kier molecular flexibility index (Phi) is 3.34. The molecule has 0 aliphatic rings. The quantitative estimate of drug-likeness (QED) is 0.841. The number of pyridine rings is 1. The zero-order valence-electron chi connectivity index (χ0n) is 9.47. The summed E-state index contributed by atoms with van der Waals surface area (Å²) in [6.07, 6.45) is 1.14. The molecule has 5 nitrogen and oxygen atoms in total. The van der Waals surface area contributed by atoms with Gasteiger partial charge in [-0.3, -0.25) is 4.72 Å². The molecule has 3 N–H and O–H groups in total. The van der Waals surface area contributed by atoms with Gasteiger partial charge < -0.3 is 5.73 Å². The first-order valence-corrected chi connectivity index (χ1v) is 6.57. The number of anilines is 2. The molecule has 0 atom stereocenters. The molecular weight excluding hydrogens is 276 g/mol. The van der Waals surface area contributed by atoms with Gasteiger partial charge in [-0.25, -0.2) is 13.8 Å². The van der Waals surface area contributed by atoms with Crippen LogP contribution in [0.4, 0.5) is 20.2 Å². The molecule has 0 fully saturated rings. The summed E-state index contributed by atoms with van der Waals surface area (Å²) in [4.78, 5) is 3.45. The predicted octanol–water partition coefficient (Wildman–Crippen LogP) is 1.74. The SMILES string of the molecule is Nc1cc(F)ccc1NS(=O)(=O)c1ncccc1F. The Morgan fingerprint density at radius 1 is 1.21 bits per heavy atom. The second-order valence-electron chi connectivity index (χ2n) is 3.63. The molecule has 0 amide bonds. The lowest BCUT2D eigenvalue weighted by molar-refractivity contribution is 0.556. The fourth-order valence-electron chi connectivity index (χ4n) is 1.39. The maximum atomic E-state index is 13.4. The van der Waals surface area contributed by atoms with Crippen LogP contribution in [0, 0.1) is 11.6 Å². The minimum absolute atomic E-state index is 0.0496. The number of rotatable bonds is 3. The highest BCUT2D eigenvalue weighted by Gasteiger charge is 2.21. The summed E-state index contributed by atoms with van der Waals surface area (Å²) in [6.45, 7) is 0. The lowest BCUT2D eigenvalue weighted by Crippen LogP contribution is -2.17. The largest absolute Gasteiger partial charge is 0.397 e. The summed E-state index contributed by atoms with van der Waals surface area (Å²) in [5.74, 6) is -1.60. The topological polar surface area (TPSA) is 85.1 Å². The summed E-state index contributed by atoms with van der Waals surface area (Å²) in [5.41, 5.74) is 5.30. The molecule has 8 heteroatoms. The number of hydrogen-bond acceptors (Lipinski definition) is 4. The molecule has 1 aromatic heterocycles. The van der Waals surface area contributed by atoms with E-state index >= 15 is 0 Å². The predicted molar refractivity (Wildman–Crippen MR) is 65.8 cm³/mol. The van der Waals surface area contributed by atoms with E-state index in [1.54, 1.807) is 0 Å².